The lowest BCUT2D eigenvalue weighted by molar-refractivity contribution is 0.628. The molecule has 0 aliphatic rings. The monoisotopic (exact) mass is 306 g/mol. The van der Waals surface area contributed by atoms with Crippen molar-refractivity contribution in [3.8, 4) is 6.07 Å². The van der Waals surface area contributed by atoms with Gasteiger partial charge in [-0.25, -0.2) is 4.39 Å². The highest BCUT2D eigenvalue weighted by molar-refractivity contribution is 7.99. The van der Waals surface area contributed by atoms with Crippen molar-refractivity contribution in [3.63, 3.8) is 0 Å². The number of nitriles is 1. The molecule has 0 aliphatic heterocycles. The van der Waals surface area contributed by atoms with Crippen LogP contribution in [0.15, 0.2) is 41.3 Å². The molecule has 0 radical (unpaired) electrons. The summed E-state index contributed by atoms with van der Waals surface area (Å²) < 4.78 is 13.0. The number of anilines is 2. The lowest BCUT2D eigenvalue weighted by Gasteiger charge is -2.12. The van der Waals surface area contributed by atoms with Crippen molar-refractivity contribution in [2.24, 2.45) is 0 Å². The Bertz CT molecular complexity index is 667. The minimum absolute atomic E-state index is 0.280. The summed E-state index contributed by atoms with van der Waals surface area (Å²) >= 11 is 7.59. The number of hydrogen-bond acceptors (Lipinski definition) is 3. The maximum Gasteiger partial charge on any atom is 0.124 e. The van der Waals surface area contributed by atoms with Gasteiger partial charge in [0.05, 0.1) is 22.0 Å². The molecule has 0 heterocycles. The fraction of sp³-hybridized carbons (Fsp3) is 0.133. The van der Waals surface area contributed by atoms with Gasteiger partial charge in [0.15, 0.2) is 0 Å². The minimum atomic E-state index is -0.392. The molecule has 20 heavy (non-hydrogen) atoms. The SMILES string of the molecule is CCSc1cccc(Nc2ccc(F)cc2Cl)c1C#N. The zero-order chi connectivity index (χ0) is 14.5. The molecule has 2 nitrogen and oxygen atoms in total. The van der Waals surface area contributed by atoms with Crippen LogP contribution in [0.3, 0.4) is 0 Å². The molecular weight excluding hydrogens is 295 g/mol. The second-order valence-corrected chi connectivity index (χ2v) is 5.69. The molecule has 5 heteroatoms. The van der Waals surface area contributed by atoms with E-state index in [2.05, 4.69) is 11.4 Å². The Balaban J connectivity index is 2.38. The van der Waals surface area contributed by atoms with E-state index in [1.54, 1.807) is 23.9 Å². The smallest absolute Gasteiger partial charge is 0.124 e. The Morgan fingerprint density at radius 3 is 2.75 bits per heavy atom. The van der Waals surface area contributed by atoms with E-state index in [0.717, 1.165) is 10.6 Å². The molecule has 2 rings (SSSR count). The summed E-state index contributed by atoms with van der Waals surface area (Å²) in [5, 5.41) is 12.7. The van der Waals surface area contributed by atoms with Crippen molar-refractivity contribution in [1.29, 1.82) is 5.26 Å². The number of nitrogens with one attached hydrogen (secondary N) is 1. The third-order valence-electron chi connectivity index (χ3n) is 2.64. The molecule has 0 bridgehead atoms. The lowest BCUT2D eigenvalue weighted by atomic mass is 10.2. The summed E-state index contributed by atoms with van der Waals surface area (Å²) in [5.74, 6) is 0.492. The van der Waals surface area contributed by atoms with Crippen LogP contribution in [0.4, 0.5) is 15.8 Å². The van der Waals surface area contributed by atoms with Gasteiger partial charge in [0.2, 0.25) is 0 Å². The molecule has 0 saturated heterocycles. The summed E-state index contributed by atoms with van der Waals surface area (Å²) in [6.45, 7) is 2.03. The largest absolute Gasteiger partial charge is 0.353 e. The quantitative estimate of drug-likeness (QED) is 0.788. The van der Waals surface area contributed by atoms with E-state index in [0.29, 0.717) is 16.9 Å². The Hall–Kier alpha value is -1.70. The van der Waals surface area contributed by atoms with E-state index in [-0.39, 0.29) is 5.02 Å². The normalized spacial score (nSPS) is 10.1. The molecule has 0 aromatic heterocycles. The average molecular weight is 307 g/mol. The predicted molar refractivity (Wildman–Crippen MR) is 82.2 cm³/mol. The van der Waals surface area contributed by atoms with Gasteiger partial charge >= 0.3 is 0 Å². The number of halogens is 2. The van der Waals surface area contributed by atoms with Gasteiger partial charge in [-0.3, -0.25) is 0 Å². The summed E-state index contributed by atoms with van der Waals surface area (Å²) in [5.41, 5.74) is 1.81. The van der Waals surface area contributed by atoms with Gasteiger partial charge < -0.3 is 5.32 Å². The standard InChI is InChI=1S/C15H12ClFN2S/c1-2-20-15-5-3-4-13(11(15)9-18)19-14-7-6-10(17)8-12(14)16/h3-8,19H,2H2,1H3. The Morgan fingerprint density at radius 2 is 2.10 bits per heavy atom. The van der Waals surface area contributed by atoms with Crippen LogP contribution < -0.4 is 5.32 Å². The molecule has 0 saturated carbocycles. The van der Waals surface area contributed by atoms with Gasteiger partial charge in [0.25, 0.3) is 0 Å². The first-order chi connectivity index (χ1) is 9.65. The topological polar surface area (TPSA) is 35.8 Å². The van der Waals surface area contributed by atoms with Crippen molar-refractivity contribution in [3.05, 3.63) is 52.8 Å². The van der Waals surface area contributed by atoms with E-state index >= 15 is 0 Å². The van der Waals surface area contributed by atoms with Crippen molar-refractivity contribution < 1.29 is 4.39 Å². The van der Waals surface area contributed by atoms with Crippen LogP contribution in [0.2, 0.25) is 5.02 Å². The summed E-state index contributed by atoms with van der Waals surface area (Å²) in [6.07, 6.45) is 0. The van der Waals surface area contributed by atoms with E-state index in [4.69, 9.17) is 11.6 Å². The van der Waals surface area contributed by atoms with Crippen molar-refractivity contribution in [2.75, 3.05) is 11.1 Å². The van der Waals surface area contributed by atoms with Crippen LogP contribution in [0.25, 0.3) is 0 Å². The van der Waals surface area contributed by atoms with Crippen molar-refractivity contribution in [2.45, 2.75) is 11.8 Å². The van der Waals surface area contributed by atoms with Gasteiger partial charge in [0, 0.05) is 4.90 Å². The van der Waals surface area contributed by atoms with Crippen molar-refractivity contribution >= 4 is 34.7 Å². The van der Waals surface area contributed by atoms with Gasteiger partial charge in [-0.05, 0) is 36.1 Å². The highest BCUT2D eigenvalue weighted by Gasteiger charge is 2.10. The van der Waals surface area contributed by atoms with E-state index in [1.807, 2.05) is 19.1 Å². The zero-order valence-corrected chi connectivity index (χ0v) is 12.4. The average Bonchev–Trinajstić information content (AvgIpc) is 2.42. The third kappa shape index (κ3) is 3.24. The van der Waals surface area contributed by atoms with Crippen LogP contribution in [0.5, 0.6) is 0 Å². The highest BCUT2D eigenvalue weighted by Crippen LogP contribution is 2.32. The molecule has 0 unspecified atom stereocenters. The number of hydrogen-bond donors (Lipinski definition) is 1. The minimum Gasteiger partial charge on any atom is -0.353 e. The number of thioether (sulfide) groups is 1. The fourth-order valence-electron chi connectivity index (χ4n) is 1.76. The molecule has 102 valence electrons. The molecule has 0 amide bonds. The highest BCUT2D eigenvalue weighted by atomic mass is 35.5. The second-order valence-electron chi connectivity index (χ2n) is 3.97. The van der Waals surface area contributed by atoms with E-state index < -0.39 is 5.82 Å². The molecule has 0 spiro atoms. The lowest BCUT2D eigenvalue weighted by Crippen LogP contribution is -1.96. The third-order valence-corrected chi connectivity index (χ3v) is 3.89. The van der Waals surface area contributed by atoms with Crippen molar-refractivity contribution in [1.82, 2.24) is 0 Å². The zero-order valence-electron chi connectivity index (χ0n) is 10.8. The maximum absolute atomic E-state index is 13.0. The Kier molecular flexibility index (Phi) is 4.89. The molecule has 1 N–H and O–H groups in total. The predicted octanol–water partition coefficient (Wildman–Crippen LogP) is 5.21. The van der Waals surface area contributed by atoms with Gasteiger partial charge in [-0.15, -0.1) is 11.8 Å². The van der Waals surface area contributed by atoms with Crippen LogP contribution in [-0.4, -0.2) is 5.75 Å². The van der Waals surface area contributed by atoms with Crippen LogP contribution >= 0.6 is 23.4 Å². The van der Waals surface area contributed by atoms with Gasteiger partial charge in [0.1, 0.15) is 11.9 Å². The van der Waals surface area contributed by atoms with Crippen LogP contribution in [0, 0.1) is 17.1 Å². The second kappa shape index (κ2) is 6.65. The molecule has 0 aliphatic carbocycles. The number of benzene rings is 2. The van der Waals surface area contributed by atoms with E-state index in [9.17, 15) is 9.65 Å². The molecular formula is C15H12ClFN2S. The Labute approximate surface area is 126 Å². The fourth-order valence-corrected chi connectivity index (χ4v) is 2.76. The molecule has 2 aromatic rings. The number of nitrogens with zero attached hydrogens (tertiary/aromatic N) is 1. The van der Waals surface area contributed by atoms with Gasteiger partial charge in [-0.2, -0.15) is 5.26 Å². The summed E-state index contributed by atoms with van der Waals surface area (Å²) in [7, 11) is 0. The maximum atomic E-state index is 13.0. The van der Waals surface area contributed by atoms with Crippen LogP contribution in [-0.2, 0) is 0 Å². The molecule has 0 atom stereocenters. The van der Waals surface area contributed by atoms with Crippen LogP contribution in [0.1, 0.15) is 12.5 Å². The first-order valence-corrected chi connectivity index (χ1v) is 7.40. The first-order valence-electron chi connectivity index (χ1n) is 6.03. The Morgan fingerprint density at radius 1 is 1.30 bits per heavy atom. The first kappa shape index (κ1) is 14.7. The summed E-state index contributed by atoms with van der Waals surface area (Å²) in [4.78, 5) is 0.915. The van der Waals surface area contributed by atoms with Gasteiger partial charge in [-0.1, -0.05) is 24.6 Å². The summed E-state index contributed by atoms with van der Waals surface area (Å²) in [6, 6.07) is 11.9. The molecule has 2 aromatic carbocycles. The van der Waals surface area contributed by atoms with E-state index in [1.165, 1.54) is 12.1 Å². The molecule has 0 fully saturated rings. The number of rotatable bonds is 4.